The third kappa shape index (κ3) is 12.3. The van der Waals surface area contributed by atoms with Crippen LogP contribution in [0, 0.1) is 5.92 Å². The number of hydrogen-bond acceptors (Lipinski definition) is 7. The molecular formula is C18H32N4O7S. The highest BCUT2D eigenvalue weighted by Gasteiger charge is 2.28. The number of rotatable bonds is 15. The van der Waals surface area contributed by atoms with Gasteiger partial charge in [0.05, 0.1) is 6.04 Å². The van der Waals surface area contributed by atoms with Crippen LogP contribution in [0.25, 0.3) is 0 Å². The number of amides is 3. The Morgan fingerprint density at radius 1 is 0.900 bits per heavy atom. The standard InChI is InChI=1S/C18H32N4O7S/c1-10(2)8-11(19)16(27)21-13(6-7-30-3)18(29)22-12(4-5-14(23)24)17(28)20-9-15(25)26/h10-13H,4-9,19H2,1-3H3,(H,20,28)(H,21,27)(H,22,29)(H,23,24)(H,25,26). The van der Waals surface area contributed by atoms with Crippen molar-refractivity contribution in [3.63, 3.8) is 0 Å². The molecule has 12 heteroatoms. The Balaban J connectivity index is 5.23. The van der Waals surface area contributed by atoms with Crippen molar-refractivity contribution in [1.29, 1.82) is 0 Å². The Hall–Kier alpha value is -2.34. The van der Waals surface area contributed by atoms with Crippen molar-refractivity contribution in [1.82, 2.24) is 16.0 Å². The average Bonchev–Trinajstić information content (AvgIpc) is 2.65. The molecule has 0 spiro atoms. The SMILES string of the molecule is CSCCC(NC(=O)C(N)CC(C)C)C(=O)NC(CCC(=O)O)C(=O)NCC(=O)O. The van der Waals surface area contributed by atoms with Crippen molar-refractivity contribution in [2.24, 2.45) is 11.7 Å². The fourth-order valence-corrected chi connectivity index (χ4v) is 2.96. The van der Waals surface area contributed by atoms with Gasteiger partial charge in [-0.3, -0.25) is 24.0 Å². The fraction of sp³-hybridized carbons (Fsp3) is 0.722. The van der Waals surface area contributed by atoms with Crippen LogP contribution in [0.1, 0.15) is 39.5 Å². The number of thioether (sulfide) groups is 1. The van der Waals surface area contributed by atoms with E-state index in [9.17, 15) is 24.0 Å². The third-order valence-electron chi connectivity index (χ3n) is 4.00. The molecule has 3 unspecified atom stereocenters. The minimum Gasteiger partial charge on any atom is -0.481 e. The van der Waals surface area contributed by atoms with E-state index in [2.05, 4.69) is 16.0 Å². The summed E-state index contributed by atoms with van der Waals surface area (Å²) in [6, 6.07) is -3.02. The second-order valence-electron chi connectivity index (χ2n) is 7.18. The van der Waals surface area contributed by atoms with Gasteiger partial charge < -0.3 is 31.9 Å². The van der Waals surface area contributed by atoms with Gasteiger partial charge in [-0.2, -0.15) is 11.8 Å². The Bertz CT molecular complexity index is 615. The second kappa shape index (κ2) is 14.6. The topological polar surface area (TPSA) is 188 Å². The van der Waals surface area contributed by atoms with E-state index in [1.54, 1.807) is 0 Å². The number of carboxylic acid groups (broad SMARTS) is 2. The van der Waals surface area contributed by atoms with E-state index < -0.39 is 60.8 Å². The van der Waals surface area contributed by atoms with Crippen molar-refractivity contribution < 1.29 is 34.2 Å². The summed E-state index contributed by atoms with van der Waals surface area (Å²) in [5.74, 6) is -3.72. The summed E-state index contributed by atoms with van der Waals surface area (Å²) in [7, 11) is 0. The maximum absolute atomic E-state index is 12.7. The summed E-state index contributed by atoms with van der Waals surface area (Å²) in [4.78, 5) is 58.7. The lowest BCUT2D eigenvalue weighted by Gasteiger charge is -2.24. The Morgan fingerprint density at radius 3 is 1.97 bits per heavy atom. The highest BCUT2D eigenvalue weighted by molar-refractivity contribution is 7.98. The maximum Gasteiger partial charge on any atom is 0.322 e. The van der Waals surface area contributed by atoms with Gasteiger partial charge in [0.25, 0.3) is 0 Å². The Morgan fingerprint density at radius 2 is 1.47 bits per heavy atom. The number of nitrogens with one attached hydrogen (secondary N) is 3. The molecule has 0 radical (unpaired) electrons. The van der Waals surface area contributed by atoms with Crippen LogP contribution in [0.2, 0.25) is 0 Å². The van der Waals surface area contributed by atoms with Crippen LogP contribution in [-0.4, -0.2) is 76.6 Å². The van der Waals surface area contributed by atoms with Gasteiger partial charge in [-0.25, -0.2) is 0 Å². The highest BCUT2D eigenvalue weighted by atomic mass is 32.2. The molecule has 3 atom stereocenters. The summed E-state index contributed by atoms with van der Waals surface area (Å²) >= 11 is 1.46. The van der Waals surface area contributed by atoms with Crippen molar-refractivity contribution in [3.8, 4) is 0 Å². The van der Waals surface area contributed by atoms with Crippen LogP contribution in [0.3, 0.4) is 0 Å². The van der Waals surface area contributed by atoms with Crippen LogP contribution in [0.15, 0.2) is 0 Å². The molecule has 0 aliphatic rings. The molecule has 0 aromatic carbocycles. The van der Waals surface area contributed by atoms with E-state index >= 15 is 0 Å². The lowest BCUT2D eigenvalue weighted by molar-refractivity contribution is -0.140. The molecule has 3 amide bonds. The molecule has 0 aliphatic carbocycles. The molecule has 172 valence electrons. The quantitative estimate of drug-likeness (QED) is 0.185. The van der Waals surface area contributed by atoms with Crippen LogP contribution >= 0.6 is 11.8 Å². The third-order valence-corrected chi connectivity index (χ3v) is 4.64. The first-order valence-electron chi connectivity index (χ1n) is 9.54. The van der Waals surface area contributed by atoms with Crippen LogP contribution in [0.4, 0.5) is 0 Å². The van der Waals surface area contributed by atoms with Gasteiger partial charge in [-0.1, -0.05) is 13.8 Å². The first-order chi connectivity index (χ1) is 14.0. The lowest BCUT2D eigenvalue weighted by Crippen LogP contribution is -2.56. The van der Waals surface area contributed by atoms with Crippen LogP contribution in [0.5, 0.6) is 0 Å². The molecule has 11 nitrogen and oxygen atoms in total. The molecule has 0 aromatic rings. The molecule has 30 heavy (non-hydrogen) atoms. The lowest BCUT2D eigenvalue weighted by atomic mass is 10.0. The molecule has 0 bridgehead atoms. The zero-order valence-corrected chi connectivity index (χ0v) is 18.3. The van der Waals surface area contributed by atoms with E-state index in [4.69, 9.17) is 15.9 Å². The summed E-state index contributed by atoms with van der Waals surface area (Å²) < 4.78 is 0. The average molecular weight is 449 g/mol. The Labute approximate surface area is 179 Å². The second-order valence-corrected chi connectivity index (χ2v) is 8.17. The number of carboxylic acids is 2. The summed E-state index contributed by atoms with van der Waals surface area (Å²) in [5, 5.41) is 24.7. The predicted molar refractivity (Wildman–Crippen MR) is 112 cm³/mol. The van der Waals surface area contributed by atoms with Crippen molar-refractivity contribution >= 4 is 41.4 Å². The maximum atomic E-state index is 12.7. The van der Waals surface area contributed by atoms with Gasteiger partial charge in [0.1, 0.15) is 18.6 Å². The minimum atomic E-state index is -1.28. The smallest absolute Gasteiger partial charge is 0.322 e. The number of aliphatic carboxylic acids is 2. The first kappa shape index (κ1) is 27.7. The first-order valence-corrected chi connectivity index (χ1v) is 10.9. The Kier molecular flexibility index (Phi) is 13.5. The largest absolute Gasteiger partial charge is 0.481 e. The number of carbonyl (C=O) groups is 5. The van der Waals surface area contributed by atoms with E-state index in [1.807, 2.05) is 20.1 Å². The molecular weight excluding hydrogens is 416 g/mol. The van der Waals surface area contributed by atoms with Gasteiger partial charge in [0.15, 0.2) is 0 Å². The van der Waals surface area contributed by atoms with Crippen LogP contribution < -0.4 is 21.7 Å². The fourth-order valence-electron chi connectivity index (χ4n) is 2.49. The van der Waals surface area contributed by atoms with Gasteiger partial charge in [-0.15, -0.1) is 0 Å². The van der Waals surface area contributed by atoms with E-state index in [-0.39, 0.29) is 18.8 Å². The predicted octanol–water partition coefficient (Wildman–Crippen LogP) is -0.852. The van der Waals surface area contributed by atoms with E-state index in [1.165, 1.54) is 11.8 Å². The molecule has 7 N–H and O–H groups in total. The summed E-state index contributed by atoms with van der Waals surface area (Å²) in [6.07, 6.45) is 1.89. The van der Waals surface area contributed by atoms with Gasteiger partial charge in [0, 0.05) is 6.42 Å². The highest BCUT2D eigenvalue weighted by Crippen LogP contribution is 2.07. The molecule has 0 fully saturated rings. The molecule has 0 aromatic heterocycles. The van der Waals surface area contributed by atoms with Crippen LogP contribution in [-0.2, 0) is 24.0 Å². The monoisotopic (exact) mass is 448 g/mol. The number of nitrogens with two attached hydrogens (primary N) is 1. The number of carbonyl (C=O) groups excluding carboxylic acids is 3. The molecule has 0 saturated heterocycles. The van der Waals surface area contributed by atoms with Crippen molar-refractivity contribution in [3.05, 3.63) is 0 Å². The molecule has 0 heterocycles. The van der Waals surface area contributed by atoms with Crippen molar-refractivity contribution in [2.45, 2.75) is 57.7 Å². The van der Waals surface area contributed by atoms with Gasteiger partial charge in [-0.05, 0) is 37.2 Å². The summed E-state index contributed by atoms with van der Waals surface area (Å²) in [5.41, 5.74) is 5.86. The van der Waals surface area contributed by atoms with Gasteiger partial charge >= 0.3 is 11.9 Å². The van der Waals surface area contributed by atoms with Crippen molar-refractivity contribution in [2.75, 3.05) is 18.6 Å². The normalized spacial score (nSPS) is 13.8. The summed E-state index contributed by atoms with van der Waals surface area (Å²) in [6.45, 7) is 3.15. The van der Waals surface area contributed by atoms with Gasteiger partial charge in [0.2, 0.25) is 17.7 Å². The zero-order valence-electron chi connectivity index (χ0n) is 17.5. The van der Waals surface area contributed by atoms with E-state index in [0.29, 0.717) is 12.2 Å². The van der Waals surface area contributed by atoms with E-state index in [0.717, 1.165) is 0 Å². The molecule has 0 rings (SSSR count). The minimum absolute atomic E-state index is 0.183. The zero-order chi connectivity index (χ0) is 23.3. The molecule has 0 aliphatic heterocycles. The number of hydrogen-bond donors (Lipinski definition) is 6. The molecule has 0 saturated carbocycles.